The molecule has 0 radical (unpaired) electrons. The number of benzene rings is 1. The van der Waals surface area contributed by atoms with Gasteiger partial charge in [0.15, 0.2) is 0 Å². The van der Waals surface area contributed by atoms with Crippen LogP contribution in [0.15, 0.2) is 24.3 Å². The minimum atomic E-state index is -4.33. The number of halogens is 4. The molecule has 0 saturated carbocycles. The lowest BCUT2D eigenvalue weighted by Crippen LogP contribution is -2.38. The van der Waals surface area contributed by atoms with Gasteiger partial charge < -0.3 is 10.6 Å². The maximum Gasteiger partial charge on any atom is 0.416 e. The molecule has 7 heteroatoms. The lowest BCUT2D eigenvalue weighted by molar-refractivity contribution is -0.137. The van der Waals surface area contributed by atoms with Gasteiger partial charge in [-0.1, -0.05) is 19.1 Å². The maximum atomic E-state index is 12.5. The van der Waals surface area contributed by atoms with Crippen LogP contribution in [0, 0.1) is 5.92 Å². The van der Waals surface area contributed by atoms with E-state index in [1.807, 2.05) is 6.92 Å². The molecule has 1 amide bonds. The maximum absolute atomic E-state index is 12.5. The fourth-order valence-electron chi connectivity index (χ4n) is 2.83. The second-order valence-electron chi connectivity index (χ2n) is 6.24. The first-order valence-corrected chi connectivity index (χ1v) is 8.01. The first-order valence-electron chi connectivity index (χ1n) is 8.01. The van der Waals surface area contributed by atoms with Crippen LogP contribution in [0.5, 0.6) is 0 Å². The second-order valence-corrected chi connectivity index (χ2v) is 6.24. The third kappa shape index (κ3) is 6.32. The number of nitrogens with one attached hydrogen (secondary N) is 2. The van der Waals surface area contributed by atoms with Gasteiger partial charge in [-0.15, -0.1) is 12.4 Å². The number of piperidine rings is 1. The van der Waals surface area contributed by atoms with Gasteiger partial charge in [-0.2, -0.15) is 13.2 Å². The van der Waals surface area contributed by atoms with E-state index in [0.29, 0.717) is 12.5 Å². The minimum Gasteiger partial charge on any atom is -0.356 e. The number of hydrogen-bond acceptors (Lipinski definition) is 2. The van der Waals surface area contributed by atoms with Gasteiger partial charge in [0, 0.05) is 13.0 Å². The van der Waals surface area contributed by atoms with Crippen LogP contribution in [0.3, 0.4) is 0 Å². The number of alkyl halides is 3. The molecule has 1 aliphatic rings. The summed E-state index contributed by atoms with van der Waals surface area (Å²) in [6, 6.07) is 5.03. The van der Waals surface area contributed by atoms with Crippen molar-refractivity contribution >= 4 is 18.3 Å². The molecule has 2 N–H and O–H groups in total. The van der Waals surface area contributed by atoms with Gasteiger partial charge in [0.05, 0.1) is 5.56 Å². The van der Waals surface area contributed by atoms with E-state index in [1.165, 1.54) is 12.1 Å². The Balaban J connectivity index is 0.00000288. The summed E-state index contributed by atoms with van der Waals surface area (Å²) in [6.07, 6.45) is -1.80. The third-order valence-corrected chi connectivity index (χ3v) is 4.29. The van der Waals surface area contributed by atoms with Crippen molar-refractivity contribution in [3.63, 3.8) is 0 Å². The second kappa shape index (κ2) is 9.28. The zero-order valence-corrected chi connectivity index (χ0v) is 14.5. The Hall–Kier alpha value is -1.27. The summed E-state index contributed by atoms with van der Waals surface area (Å²) in [7, 11) is 0. The summed E-state index contributed by atoms with van der Waals surface area (Å²) < 4.78 is 37.6. The van der Waals surface area contributed by atoms with Crippen molar-refractivity contribution < 1.29 is 18.0 Å². The Labute approximate surface area is 146 Å². The first-order chi connectivity index (χ1) is 10.9. The molecule has 0 spiro atoms. The van der Waals surface area contributed by atoms with Crippen LogP contribution < -0.4 is 10.6 Å². The molecular formula is C17H24ClF3N2O. The Bertz CT molecular complexity index is 514. The molecule has 2 unspecified atom stereocenters. The van der Waals surface area contributed by atoms with E-state index in [-0.39, 0.29) is 30.7 Å². The average molecular weight is 365 g/mol. The van der Waals surface area contributed by atoms with Crippen molar-refractivity contribution in [1.29, 1.82) is 0 Å². The summed E-state index contributed by atoms with van der Waals surface area (Å²) in [4.78, 5) is 12.0. The van der Waals surface area contributed by atoms with Crippen LogP contribution in [0.1, 0.15) is 43.2 Å². The van der Waals surface area contributed by atoms with E-state index in [2.05, 4.69) is 10.6 Å². The predicted octanol–water partition coefficient (Wildman–Crippen LogP) is 3.74. The van der Waals surface area contributed by atoms with E-state index >= 15 is 0 Å². The number of carbonyl (C=O) groups excluding carboxylic acids is 1. The molecule has 2 rings (SSSR count). The summed E-state index contributed by atoms with van der Waals surface area (Å²) >= 11 is 0. The Kier molecular flexibility index (Phi) is 8.03. The Morgan fingerprint density at radius 2 is 2.00 bits per heavy atom. The summed E-state index contributed by atoms with van der Waals surface area (Å²) in [6.45, 7) is 4.47. The van der Waals surface area contributed by atoms with Gasteiger partial charge >= 0.3 is 6.18 Å². The molecule has 1 aromatic carbocycles. The highest BCUT2D eigenvalue weighted by Crippen LogP contribution is 2.30. The monoisotopic (exact) mass is 364 g/mol. The smallest absolute Gasteiger partial charge is 0.356 e. The molecule has 1 aromatic rings. The topological polar surface area (TPSA) is 41.1 Å². The largest absolute Gasteiger partial charge is 0.416 e. The third-order valence-electron chi connectivity index (χ3n) is 4.29. The highest BCUT2D eigenvalue weighted by atomic mass is 35.5. The zero-order valence-electron chi connectivity index (χ0n) is 13.7. The summed E-state index contributed by atoms with van der Waals surface area (Å²) in [5.41, 5.74) is 0.0789. The van der Waals surface area contributed by atoms with E-state index in [4.69, 9.17) is 0 Å². The van der Waals surface area contributed by atoms with E-state index in [9.17, 15) is 18.0 Å². The predicted molar refractivity (Wildman–Crippen MR) is 90.3 cm³/mol. The molecule has 1 heterocycles. The van der Waals surface area contributed by atoms with Crippen LogP contribution in [-0.4, -0.2) is 25.5 Å². The molecule has 2 atom stereocenters. The van der Waals surface area contributed by atoms with Gasteiger partial charge in [-0.05, 0) is 55.5 Å². The average Bonchev–Trinajstić information content (AvgIpc) is 2.53. The van der Waals surface area contributed by atoms with Crippen molar-refractivity contribution in [2.24, 2.45) is 5.92 Å². The van der Waals surface area contributed by atoms with E-state index < -0.39 is 11.7 Å². The molecule has 0 aliphatic carbocycles. The van der Waals surface area contributed by atoms with Crippen molar-refractivity contribution in [2.45, 2.75) is 38.3 Å². The van der Waals surface area contributed by atoms with Crippen molar-refractivity contribution in [2.75, 3.05) is 19.6 Å². The van der Waals surface area contributed by atoms with E-state index in [1.54, 1.807) is 0 Å². The molecule has 1 fully saturated rings. The minimum absolute atomic E-state index is 0. The van der Waals surface area contributed by atoms with Gasteiger partial charge in [-0.3, -0.25) is 4.79 Å². The van der Waals surface area contributed by atoms with E-state index in [0.717, 1.165) is 43.6 Å². The normalized spacial score (nSPS) is 19.2. The molecule has 24 heavy (non-hydrogen) atoms. The van der Waals surface area contributed by atoms with Gasteiger partial charge in [0.2, 0.25) is 5.91 Å². The molecular weight excluding hydrogens is 341 g/mol. The molecule has 1 aliphatic heterocycles. The van der Waals surface area contributed by atoms with Crippen LogP contribution in [0.2, 0.25) is 0 Å². The molecule has 0 bridgehead atoms. The number of amides is 1. The van der Waals surface area contributed by atoms with Crippen molar-refractivity contribution in [3.8, 4) is 0 Å². The first kappa shape index (κ1) is 20.8. The molecule has 0 aromatic heterocycles. The Morgan fingerprint density at radius 3 is 2.54 bits per heavy atom. The molecule has 3 nitrogen and oxygen atoms in total. The fourth-order valence-corrected chi connectivity index (χ4v) is 2.83. The fraction of sp³-hybridized carbons (Fsp3) is 0.588. The van der Waals surface area contributed by atoms with Crippen molar-refractivity contribution in [3.05, 3.63) is 35.4 Å². The Morgan fingerprint density at radius 1 is 1.33 bits per heavy atom. The number of carbonyl (C=O) groups is 1. The lowest BCUT2D eigenvalue weighted by Gasteiger charge is -2.23. The van der Waals surface area contributed by atoms with Crippen molar-refractivity contribution in [1.82, 2.24) is 10.6 Å². The zero-order chi connectivity index (χ0) is 16.9. The van der Waals surface area contributed by atoms with Gasteiger partial charge in [0.1, 0.15) is 0 Å². The quantitative estimate of drug-likeness (QED) is 0.835. The number of hydrogen-bond donors (Lipinski definition) is 2. The van der Waals surface area contributed by atoms with Crippen LogP contribution in [0.4, 0.5) is 13.2 Å². The summed E-state index contributed by atoms with van der Waals surface area (Å²) in [5.74, 6) is 0.304. The molecule has 136 valence electrons. The van der Waals surface area contributed by atoms with Crippen LogP contribution >= 0.6 is 12.4 Å². The molecule has 1 saturated heterocycles. The number of rotatable bonds is 5. The van der Waals surface area contributed by atoms with Gasteiger partial charge in [-0.25, -0.2) is 0 Å². The van der Waals surface area contributed by atoms with Crippen LogP contribution in [-0.2, 0) is 11.0 Å². The highest BCUT2D eigenvalue weighted by molar-refractivity contribution is 5.85. The highest BCUT2D eigenvalue weighted by Gasteiger charge is 2.30. The lowest BCUT2D eigenvalue weighted by atomic mass is 9.96. The van der Waals surface area contributed by atoms with Gasteiger partial charge in [0.25, 0.3) is 0 Å². The summed E-state index contributed by atoms with van der Waals surface area (Å²) in [5, 5.41) is 6.23. The SMILES string of the molecule is CC(CC(=O)NCC1CCCNC1)c1ccc(C(F)(F)F)cc1.Cl. The van der Waals surface area contributed by atoms with Crippen LogP contribution in [0.25, 0.3) is 0 Å². The standard InChI is InChI=1S/C17H23F3N2O.ClH/c1-12(14-4-6-15(7-5-14)17(18,19)20)9-16(23)22-11-13-3-2-8-21-10-13;/h4-7,12-13,21H,2-3,8-11H2,1H3,(H,22,23);1H.